The summed E-state index contributed by atoms with van der Waals surface area (Å²) in [6.07, 6.45) is 9.52. The van der Waals surface area contributed by atoms with Crippen molar-refractivity contribution in [3.63, 3.8) is 0 Å². The summed E-state index contributed by atoms with van der Waals surface area (Å²) in [6, 6.07) is 0. The molecule has 0 unspecified atom stereocenters. The molecule has 1 N–H and O–H groups in total. The second-order valence-corrected chi connectivity index (χ2v) is 6.32. The van der Waals surface area contributed by atoms with Gasteiger partial charge in [0.2, 0.25) is 0 Å². The summed E-state index contributed by atoms with van der Waals surface area (Å²) in [5, 5.41) is 7.92. The molecule has 4 heteroatoms. The van der Waals surface area contributed by atoms with Crippen molar-refractivity contribution in [1.29, 1.82) is 0 Å². The quantitative estimate of drug-likeness (QED) is 0.899. The van der Waals surface area contributed by atoms with Gasteiger partial charge in [-0.1, -0.05) is 6.92 Å². The van der Waals surface area contributed by atoms with Crippen LogP contribution in [0.2, 0.25) is 0 Å². The minimum Gasteiger partial charge on any atom is -0.317 e. The summed E-state index contributed by atoms with van der Waals surface area (Å²) in [6.45, 7) is 9.29. The Kier molecular flexibility index (Phi) is 3.89. The van der Waals surface area contributed by atoms with Crippen LogP contribution in [0.3, 0.4) is 0 Å². The van der Waals surface area contributed by atoms with Crippen molar-refractivity contribution in [3.8, 4) is 0 Å². The maximum atomic E-state index is 4.43. The van der Waals surface area contributed by atoms with Crippen molar-refractivity contribution in [3.05, 3.63) is 18.0 Å². The number of rotatable bonds is 4. The summed E-state index contributed by atoms with van der Waals surface area (Å²) >= 11 is 0. The third-order valence-corrected chi connectivity index (χ3v) is 4.73. The Labute approximate surface area is 116 Å². The average Bonchev–Trinajstić information content (AvgIpc) is 3.00. The van der Waals surface area contributed by atoms with Crippen LogP contribution in [0.5, 0.6) is 0 Å². The van der Waals surface area contributed by atoms with Gasteiger partial charge < -0.3 is 5.32 Å². The van der Waals surface area contributed by atoms with Gasteiger partial charge in [0.15, 0.2) is 0 Å². The van der Waals surface area contributed by atoms with E-state index in [0.29, 0.717) is 5.41 Å². The van der Waals surface area contributed by atoms with Gasteiger partial charge in [0, 0.05) is 31.4 Å². The van der Waals surface area contributed by atoms with Crippen LogP contribution in [0, 0.1) is 5.41 Å². The lowest BCUT2D eigenvalue weighted by Crippen LogP contribution is -2.38. The maximum absolute atomic E-state index is 4.43. The fourth-order valence-corrected chi connectivity index (χ4v) is 3.63. The molecule has 0 atom stereocenters. The fraction of sp³-hybridized carbons (Fsp3) is 0.800. The van der Waals surface area contributed by atoms with Crippen LogP contribution < -0.4 is 5.32 Å². The van der Waals surface area contributed by atoms with Crippen molar-refractivity contribution in [2.45, 2.75) is 45.7 Å². The largest absolute Gasteiger partial charge is 0.317 e. The first-order valence-electron chi connectivity index (χ1n) is 7.74. The summed E-state index contributed by atoms with van der Waals surface area (Å²) in [5.74, 6) is 0. The number of piperidine rings is 1. The molecule has 1 spiro atoms. The van der Waals surface area contributed by atoms with Crippen molar-refractivity contribution in [2.75, 3.05) is 26.2 Å². The Morgan fingerprint density at radius 2 is 2.16 bits per heavy atom. The number of hydrogen-bond acceptors (Lipinski definition) is 3. The van der Waals surface area contributed by atoms with Gasteiger partial charge >= 0.3 is 0 Å². The van der Waals surface area contributed by atoms with Crippen molar-refractivity contribution in [2.24, 2.45) is 5.41 Å². The van der Waals surface area contributed by atoms with E-state index in [1.807, 2.05) is 6.20 Å². The van der Waals surface area contributed by atoms with E-state index in [9.17, 15) is 0 Å². The highest BCUT2D eigenvalue weighted by Crippen LogP contribution is 2.38. The molecule has 4 nitrogen and oxygen atoms in total. The van der Waals surface area contributed by atoms with Crippen LogP contribution in [0.15, 0.2) is 12.4 Å². The molecule has 0 bridgehead atoms. The van der Waals surface area contributed by atoms with Crippen LogP contribution in [-0.4, -0.2) is 40.9 Å². The van der Waals surface area contributed by atoms with E-state index in [2.05, 4.69) is 33.1 Å². The van der Waals surface area contributed by atoms with Crippen LogP contribution >= 0.6 is 0 Å². The number of aryl methyl sites for hydroxylation is 1. The number of nitrogens with zero attached hydrogens (tertiary/aromatic N) is 3. The predicted molar refractivity (Wildman–Crippen MR) is 76.9 cm³/mol. The molecule has 106 valence electrons. The first-order valence-corrected chi connectivity index (χ1v) is 7.74. The zero-order chi connectivity index (χ0) is 13.1. The molecular weight excluding hydrogens is 236 g/mol. The Morgan fingerprint density at radius 3 is 2.95 bits per heavy atom. The third-order valence-electron chi connectivity index (χ3n) is 4.73. The van der Waals surface area contributed by atoms with Crippen LogP contribution in [0.4, 0.5) is 0 Å². The summed E-state index contributed by atoms with van der Waals surface area (Å²) in [5.41, 5.74) is 1.99. The van der Waals surface area contributed by atoms with E-state index < -0.39 is 0 Å². The molecule has 3 rings (SSSR count). The summed E-state index contributed by atoms with van der Waals surface area (Å²) in [4.78, 5) is 2.62. The molecule has 3 heterocycles. The Morgan fingerprint density at radius 1 is 1.32 bits per heavy atom. The minimum atomic E-state index is 0.616. The molecule has 19 heavy (non-hydrogen) atoms. The standard InChI is InChI=1S/C15H26N4/c1-2-8-19-12-14(10-17-19)11-18-9-5-15(13-18)3-6-16-7-4-15/h10,12,16H,2-9,11,13H2,1H3. The van der Waals surface area contributed by atoms with Gasteiger partial charge in [-0.05, 0) is 50.7 Å². The second kappa shape index (κ2) is 5.63. The molecule has 0 aromatic carbocycles. The van der Waals surface area contributed by atoms with Gasteiger partial charge in [-0.25, -0.2) is 0 Å². The van der Waals surface area contributed by atoms with Gasteiger partial charge in [-0.3, -0.25) is 9.58 Å². The highest BCUT2D eigenvalue weighted by molar-refractivity contribution is 5.05. The van der Waals surface area contributed by atoms with Crippen molar-refractivity contribution >= 4 is 0 Å². The smallest absolute Gasteiger partial charge is 0.0534 e. The molecule has 2 saturated heterocycles. The van der Waals surface area contributed by atoms with Crippen LogP contribution in [0.25, 0.3) is 0 Å². The number of aromatic nitrogens is 2. The topological polar surface area (TPSA) is 33.1 Å². The first-order chi connectivity index (χ1) is 9.30. The molecular formula is C15H26N4. The number of likely N-dealkylation sites (tertiary alicyclic amines) is 1. The molecule has 0 saturated carbocycles. The molecule has 0 amide bonds. The average molecular weight is 262 g/mol. The fourth-order valence-electron chi connectivity index (χ4n) is 3.63. The van der Waals surface area contributed by atoms with E-state index in [-0.39, 0.29) is 0 Å². The third kappa shape index (κ3) is 3.00. The van der Waals surface area contributed by atoms with E-state index in [1.165, 1.54) is 51.0 Å². The molecule has 0 aliphatic carbocycles. The van der Waals surface area contributed by atoms with E-state index in [1.54, 1.807) is 0 Å². The predicted octanol–water partition coefficient (Wildman–Crippen LogP) is 1.87. The minimum absolute atomic E-state index is 0.616. The Bertz CT molecular complexity index is 406. The second-order valence-electron chi connectivity index (χ2n) is 6.32. The molecule has 0 radical (unpaired) electrons. The maximum Gasteiger partial charge on any atom is 0.0534 e. The lowest BCUT2D eigenvalue weighted by Gasteiger charge is -2.33. The van der Waals surface area contributed by atoms with Gasteiger partial charge in [-0.15, -0.1) is 0 Å². The number of hydrogen-bond donors (Lipinski definition) is 1. The SMILES string of the molecule is CCCn1cc(CN2CCC3(CCNCC3)C2)cn1. The Hall–Kier alpha value is -0.870. The highest BCUT2D eigenvalue weighted by atomic mass is 15.3. The Balaban J connectivity index is 1.55. The van der Waals surface area contributed by atoms with Crippen LogP contribution in [-0.2, 0) is 13.1 Å². The van der Waals surface area contributed by atoms with Crippen molar-refractivity contribution in [1.82, 2.24) is 20.0 Å². The zero-order valence-corrected chi connectivity index (χ0v) is 12.1. The zero-order valence-electron chi connectivity index (χ0n) is 12.1. The van der Waals surface area contributed by atoms with Gasteiger partial charge in [0.05, 0.1) is 6.20 Å². The lowest BCUT2D eigenvalue weighted by atomic mass is 9.78. The molecule has 1 aromatic heterocycles. The summed E-state index contributed by atoms with van der Waals surface area (Å²) in [7, 11) is 0. The van der Waals surface area contributed by atoms with Gasteiger partial charge in [0.25, 0.3) is 0 Å². The monoisotopic (exact) mass is 262 g/mol. The van der Waals surface area contributed by atoms with Gasteiger partial charge in [0.1, 0.15) is 0 Å². The lowest BCUT2D eigenvalue weighted by molar-refractivity contribution is 0.194. The molecule has 1 aromatic rings. The first kappa shape index (κ1) is 13.1. The van der Waals surface area contributed by atoms with Crippen LogP contribution in [0.1, 0.15) is 38.2 Å². The molecule has 2 aliphatic rings. The molecule has 2 aliphatic heterocycles. The van der Waals surface area contributed by atoms with E-state index >= 15 is 0 Å². The van der Waals surface area contributed by atoms with Crippen molar-refractivity contribution < 1.29 is 0 Å². The van der Waals surface area contributed by atoms with E-state index in [4.69, 9.17) is 0 Å². The van der Waals surface area contributed by atoms with Gasteiger partial charge in [-0.2, -0.15) is 5.10 Å². The molecule has 2 fully saturated rings. The number of nitrogens with one attached hydrogen (secondary N) is 1. The summed E-state index contributed by atoms with van der Waals surface area (Å²) < 4.78 is 2.08. The highest BCUT2D eigenvalue weighted by Gasteiger charge is 2.38. The normalized spacial score (nSPS) is 23.2. The van der Waals surface area contributed by atoms with E-state index in [0.717, 1.165) is 19.5 Å².